The molecule has 0 radical (unpaired) electrons. The van der Waals surface area contributed by atoms with Crippen LogP contribution in [0, 0.1) is 0 Å². The van der Waals surface area contributed by atoms with E-state index in [2.05, 4.69) is 0 Å². The third kappa shape index (κ3) is 6.82. The predicted molar refractivity (Wildman–Crippen MR) is 75.2 cm³/mol. The number of carbonyl (C=O) groups excluding carboxylic acids is 1. The molecule has 1 unspecified atom stereocenters. The third-order valence-electron chi connectivity index (χ3n) is 2.57. The Morgan fingerprint density at radius 1 is 1.42 bits per heavy atom. The van der Waals surface area contributed by atoms with Gasteiger partial charge in [0.15, 0.2) is 6.61 Å². The number of hydrogen-bond donors (Lipinski definition) is 1. The van der Waals surface area contributed by atoms with E-state index in [1.807, 2.05) is 38.1 Å². The lowest BCUT2D eigenvalue weighted by molar-refractivity contribution is -0.146. The summed E-state index contributed by atoms with van der Waals surface area (Å²) in [5, 5.41) is 0. The van der Waals surface area contributed by atoms with Crippen LogP contribution in [-0.2, 0) is 16.0 Å². The summed E-state index contributed by atoms with van der Waals surface area (Å²) in [6, 6.07) is 7.73. The van der Waals surface area contributed by atoms with Crippen LogP contribution in [0.4, 0.5) is 0 Å². The Kier molecular flexibility index (Phi) is 6.97. The molecule has 106 valence electrons. The van der Waals surface area contributed by atoms with Gasteiger partial charge in [0.25, 0.3) is 0 Å². The first-order valence-electron chi connectivity index (χ1n) is 6.74. The fourth-order valence-electron chi connectivity index (χ4n) is 1.65. The second-order valence-electron chi connectivity index (χ2n) is 4.69. The number of hydrogen-bond acceptors (Lipinski definition) is 4. The Bertz CT molecular complexity index is 391. The second-order valence-corrected chi connectivity index (χ2v) is 4.69. The van der Waals surface area contributed by atoms with Crippen LogP contribution in [0.15, 0.2) is 24.3 Å². The van der Waals surface area contributed by atoms with Gasteiger partial charge in [-0.15, -0.1) is 0 Å². The topological polar surface area (TPSA) is 61.5 Å². The molecule has 0 bridgehead atoms. The Hall–Kier alpha value is -1.55. The molecule has 1 aromatic carbocycles. The molecule has 1 aromatic rings. The number of unbranched alkanes of at least 4 members (excludes halogenated alkanes) is 1. The van der Waals surface area contributed by atoms with E-state index in [4.69, 9.17) is 15.2 Å². The molecule has 4 heteroatoms. The summed E-state index contributed by atoms with van der Waals surface area (Å²) in [5.74, 6) is 0.344. The largest absolute Gasteiger partial charge is 0.482 e. The smallest absolute Gasteiger partial charge is 0.344 e. The molecule has 0 fully saturated rings. The summed E-state index contributed by atoms with van der Waals surface area (Å²) in [4.78, 5) is 11.4. The van der Waals surface area contributed by atoms with Crippen LogP contribution in [0.1, 0.15) is 32.3 Å². The number of ether oxygens (including phenoxy) is 2. The van der Waals surface area contributed by atoms with E-state index in [1.165, 1.54) is 0 Å². The number of carbonyl (C=O) groups is 1. The monoisotopic (exact) mass is 265 g/mol. The molecule has 1 rings (SSSR count). The number of esters is 1. The van der Waals surface area contributed by atoms with Crippen molar-refractivity contribution in [1.29, 1.82) is 0 Å². The van der Waals surface area contributed by atoms with Crippen molar-refractivity contribution in [2.24, 2.45) is 5.73 Å². The fraction of sp³-hybridized carbons (Fsp3) is 0.533. The molecular formula is C15H23NO3. The van der Waals surface area contributed by atoms with Crippen LogP contribution in [0.3, 0.4) is 0 Å². The summed E-state index contributed by atoms with van der Waals surface area (Å²) < 4.78 is 10.4. The molecule has 4 nitrogen and oxygen atoms in total. The van der Waals surface area contributed by atoms with Gasteiger partial charge in [-0.1, -0.05) is 25.5 Å². The van der Waals surface area contributed by atoms with Gasteiger partial charge in [0.2, 0.25) is 0 Å². The lowest BCUT2D eigenvalue weighted by Gasteiger charge is -2.09. The van der Waals surface area contributed by atoms with E-state index in [0.717, 1.165) is 24.8 Å². The van der Waals surface area contributed by atoms with Crippen molar-refractivity contribution in [3.05, 3.63) is 29.8 Å². The number of rotatable bonds is 8. The molecule has 0 saturated heterocycles. The summed E-state index contributed by atoms with van der Waals surface area (Å²) in [5.41, 5.74) is 6.85. The van der Waals surface area contributed by atoms with Crippen molar-refractivity contribution < 1.29 is 14.3 Å². The molecule has 2 N–H and O–H groups in total. The van der Waals surface area contributed by atoms with Crippen molar-refractivity contribution in [2.45, 2.75) is 39.2 Å². The van der Waals surface area contributed by atoms with E-state index < -0.39 is 0 Å². The maximum atomic E-state index is 11.4. The highest BCUT2D eigenvalue weighted by atomic mass is 16.6. The summed E-state index contributed by atoms with van der Waals surface area (Å²) in [6.45, 7) is 4.42. The van der Waals surface area contributed by atoms with E-state index in [9.17, 15) is 4.79 Å². The lowest BCUT2D eigenvalue weighted by atomic mass is 10.1. The Labute approximate surface area is 114 Å². The van der Waals surface area contributed by atoms with E-state index >= 15 is 0 Å². The number of nitrogens with two attached hydrogens (primary N) is 1. The Morgan fingerprint density at radius 2 is 2.21 bits per heavy atom. The van der Waals surface area contributed by atoms with Gasteiger partial charge >= 0.3 is 5.97 Å². The van der Waals surface area contributed by atoms with Gasteiger partial charge in [-0.05, 0) is 37.5 Å². The van der Waals surface area contributed by atoms with Gasteiger partial charge in [-0.25, -0.2) is 4.79 Å². The first-order chi connectivity index (χ1) is 9.11. The molecule has 0 aliphatic carbocycles. The lowest BCUT2D eigenvalue weighted by Crippen LogP contribution is -2.18. The van der Waals surface area contributed by atoms with Crippen LogP contribution < -0.4 is 10.5 Å². The van der Waals surface area contributed by atoms with Crippen molar-refractivity contribution >= 4 is 5.97 Å². The SMILES string of the molecule is CCCCOC(=O)COc1cccc(CC(C)N)c1. The zero-order chi connectivity index (χ0) is 14.1. The highest BCUT2D eigenvalue weighted by Crippen LogP contribution is 2.14. The molecule has 19 heavy (non-hydrogen) atoms. The van der Waals surface area contributed by atoms with Crippen LogP contribution in [0.25, 0.3) is 0 Å². The van der Waals surface area contributed by atoms with E-state index in [1.54, 1.807) is 0 Å². The normalized spacial score (nSPS) is 11.9. The molecule has 0 heterocycles. The maximum absolute atomic E-state index is 11.4. The minimum Gasteiger partial charge on any atom is -0.482 e. The minimum absolute atomic E-state index is 0.0503. The molecule has 0 amide bonds. The van der Waals surface area contributed by atoms with Crippen molar-refractivity contribution in [2.75, 3.05) is 13.2 Å². The summed E-state index contributed by atoms with van der Waals surface area (Å²) >= 11 is 0. The molecular weight excluding hydrogens is 242 g/mol. The third-order valence-corrected chi connectivity index (χ3v) is 2.57. The second kappa shape index (κ2) is 8.53. The van der Waals surface area contributed by atoms with Gasteiger partial charge in [-0.2, -0.15) is 0 Å². The molecule has 1 atom stereocenters. The van der Waals surface area contributed by atoms with Gasteiger partial charge in [0, 0.05) is 6.04 Å². The predicted octanol–water partition coefficient (Wildman–Crippen LogP) is 2.30. The van der Waals surface area contributed by atoms with Crippen molar-refractivity contribution in [3.63, 3.8) is 0 Å². The van der Waals surface area contributed by atoms with Crippen LogP contribution in [0.2, 0.25) is 0 Å². The Balaban J connectivity index is 2.38. The van der Waals surface area contributed by atoms with Crippen LogP contribution in [0.5, 0.6) is 5.75 Å². The zero-order valence-electron chi connectivity index (χ0n) is 11.7. The molecule has 0 aromatic heterocycles. The minimum atomic E-state index is -0.328. The highest BCUT2D eigenvalue weighted by molar-refractivity contribution is 5.71. The van der Waals surface area contributed by atoms with E-state index in [0.29, 0.717) is 12.4 Å². The van der Waals surface area contributed by atoms with Crippen molar-refractivity contribution in [1.82, 2.24) is 0 Å². The van der Waals surface area contributed by atoms with Gasteiger partial charge < -0.3 is 15.2 Å². The molecule has 0 aliphatic heterocycles. The highest BCUT2D eigenvalue weighted by Gasteiger charge is 2.05. The standard InChI is InChI=1S/C15H23NO3/c1-3-4-8-18-15(17)11-19-14-7-5-6-13(10-14)9-12(2)16/h5-7,10,12H,3-4,8-9,11,16H2,1-2H3. The fourth-order valence-corrected chi connectivity index (χ4v) is 1.65. The van der Waals surface area contributed by atoms with Crippen molar-refractivity contribution in [3.8, 4) is 5.75 Å². The molecule has 0 spiro atoms. The van der Waals surface area contributed by atoms with Gasteiger partial charge in [0.1, 0.15) is 5.75 Å². The van der Waals surface area contributed by atoms with E-state index in [-0.39, 0.29) is 18.6 Å². The Morgan fingerprint density at radius 3 is 2.89 bits per heavy atom. The number of benzene rings is 1. The van der Waals surface area contributed by atoms with Gasteiger partial charge in [0.05, 0.1) is 6.61 Å². The first kappa shape index (κ1) is 15.5. The summed E-state index contributed by atoms with van der Waals surface area (Å²) in [7, 11) is 0. The van der Waals surface area contributed by atoms with Gasteiger partial charge in [-0.3, -0.25) is 0 Å². The average Bonchev–Trinajstić information content (AvgIpc) is 2.36. The molecule has 0 saturated carbocycles. The van der Waals surface area contributed by atoms with Crippen LogP contribution >= 0.6 is 0 Å². The quantitative estimate of drug-likeness (QED) is 0.578. The summed E-state index contributed by atoms with van der Waals surface area (Å²) in [6.07, 6.45) is 2.68. The maximum Gasteiger partial charge on any atom is 0.344 e. The first-order valence-corrected chi connectivity index (χ1v) is 6.74. The average molecular weight is 265 g/mol. The zero-order valence-corrected chi connectivity index (χ0v) is 11.7. The molecule has 0 aliphatic rings. The van der Waals surface area contributed by atoms with Crippen LogP contribution in [-0.4, -0.2) is 25.2 Å².